The minimum Gasteiger partial charge on any atom is -0.462 e. The summed E-state index contributed by atoms with van der Waals surface area (Å²) in [4.78, 5) is 38.4. The average Bonchev–Trinajstić information content (AvgIpc) is 3.45. The van der Waals surface area contributed by atoms with Crippen molar-refractivity contribution in [3.05, 3.63) is 85.1 Å². The van der Waals surface area contributed by atoms with E-state index in [4.69, 9.17) is 14.2 Å². The molecule has 6 nitrogen and oxygen atoms in total. The van der Waals surface area contributed by atoms with Gasteiger partial charge in [-0.2, -0.15) is 0 Å². The Balaban J connectivity index is 4.39. The molecule has 0 amide bonds. The Bertz CT molecular complexity index is 1500. The maximum absolute atomic E-state index is 12.9. The van der Waals surface area contributed by atoms with Crippen LogP contribution in [0, 0.1) is 0 Å². The molecule has 0 aliphatic rings. The summed E-state index contributed by atoms with van der Waals surface area (Å²) in [6, 6.07) is 0. The van der Waals surface area contributed by atoms with E-state index in [0.717, 1.165) is 109 Å². The van der Waals surface area contributed by atoms with Gasteiger partial charge in [0.25, 0.3) is 0 Å². The summed E-state index contributed by atoms with van der Waals surface area (Å²) >= 11 is 0. The van der Waals surface area contributed by atoms with Crippen molar-refractivity contribution >= 4 is 17.9 Å². The van der Waals surface area contributed by atoms with Gasteiger partial charge < -0.3 is 14.2 Å². The minimum atomic E-state index is -0.791. The predicted octanol–water partition coefficient (Wildman–Crippen LogP) is 23.4. The van der Waals surface area contributed by atoms with Crippen LogP contribution in [-0.4, -0.2) is 37.2 Å². The van der Waals surface area contributed by atoms with E-state index in [1.54, 1.807) is 0 Å². The summed E-state index contributed by atoms with van der Waals surface area (Å²) in [5.41, 5.74) is 0. The van der Waals surface area contributed by atoms with Crippen LogP contribution < -0.4 is 0 Å². The van der Waals surface area contributed by atoms with Crippen LogP contribution in [0.2, 0.25) is 0 Å². The lowest BCUT2D eigenvalue weighted by molar-refractivity contribution is -0.167. The molecular formula is C73H128O6. The van der Waals surface area contributed by atoms with Gasteiger partial charge in [0, 0.05) is 19.3 Å². The van der Waals surface area contributed by atoms with Crippen molar-refractivity contribution < 1.29 is 28.6 Å². The Hall–Kier alpha value is -3.41. The van der Waals surface area contributed by atoms with E-state index in [1.807, 2.05) is 0 Å². The maximum atomic E-state index is 12.9. The van der Waals surface area contributed by atoms with Gasteiger partial charge in [-0.3, -0.25) is 14.4 Å². The van der Waals surface area contributed by atoms with E-state index < -0.39 is 6.10 Å². The number of hydrogen-bond acceptors (Lipinski definition) is 6. The number of ether oxygens (including phenoxy) is 3. The van der Waals surface area contributed by atoms with Crippen LogP contribution in [0.15, 0.2) is 85.1 Å². The summed E-state index contributed by atoms with van der Waals surface area (Å²) in [6.07, 6.45) is 88.8. The maximum Gasteiger partial charge on any atom is 0.306 e. The molecule has 0 aliphatic heterocycles. The number of esters is 3. The standard InChI is InChI=1S/C73H128O6/c1-4-7-10-13-16-19-22-25-28-31-33-35-36-38-39-42-45-48-51-54-57-60-63-66-72(75)78-69-70(68-77-71(74)65-62-59-56-53-50-47-44-41-30-27-24-21-18-15-12-9-6-3)79-73(76)67-64-61-58-55-52-49-46-43-40-37-34-32-29-26-23-20-17-14-11-8-5-2/h8,11,17,20,26-27,29-31,33-34,37,43,46,70H,4-7,9-10,12-16,18-19,21-25,28,32,35-36,38-42,44-45,47-69H2,1-3H3/b11-8-,20-17-,29-26-,30-27-,33-31-,37-34-,46-43-. The molecule has 0 heterocycles. The van der Waals surface area contributed by atoms with Crippen LogP contribution in [0.1, 0.15) is 342 Å². The van der Waals surface area contributed by atoms with E-state index in [-0.39, 0.29) is 31.1 Å². The van der Waals surface area contributed by atoms with Crippen molar-refractivity contribution in [2.75, 3.05) is 13.2 Å². The molecule has 0 fully saturated rings. The fraction of sp³-hybridized carbons (Fsp3) is 0.767. The first-order valence-electron chi connectivity index (χ1n) is 34.1. The molecular weight excluding hydrogens is 973 g/mol. The van der Waals surface area contributed by atoms with Crippen LogP contribution in [-0.2, 0) is 28.6 Å². The summed E-state index contributed by atoms with van der Waals surface area (Å²) in [5.74, 6) is -0.893. The highest BCUT2D eigenvalue weighted by molar-refractivity contribution is 5.71. The molecule has 6 heteroatoms. The quantitative estimate of drug-likeness (QED) is 0.0261. The SMILES string of the molecule is CC/C=C\C/C=C\C/C=C\C/C=C\C/C=C\CCCCCCCC(=O)OC(COC(=O)CCCCCCCCC/C=C\CCCCCCCC)COC(=O)CCCCCCCCCCCCC/C=C\CCCCCCCCCC. The normalized spacial score (nSPS) is 12.6. The largest absolute Gasteiger partial charge is 0.462 e. The second-order valence-electron chi connectivity index (χ2n) is 22.7. The molecule has 1 atom stereocenters. The highest BCUT2D eigenvalue weighted by atomic mass is 16.6. The Morgan fingerprint density at radius 1 is 0.266 bits per heavy atom. The molecule has 1 unspecified atom stereocenters. The smallest absolute Gasteiger partial charge is 0.306 e. The molecule has 0 bridgehead atoms. The van der Waals surface area contributed by atoms with E-state index in [1.165, 1.54) is 193 Å². The van der Waals surface area contributed by atoms with Gasteiger partial charge in [-0.05, 0) is 116 Å². The molecule has 0 aromatic rings. The van der Waals surface area contributed by atoms with Crippen LogP contribution in [0.4, 0.5) is 0 Å². The van der Waals surface area contributed by atoms with Crippen LogP contribution >= 0.6 is 0 Å². The number of hydrogen-bond donors (Lipinski definition) is 0. The fourth-order valence-corrected chi connectivity index (χ4v) is 9.76. The van der Waals surface area contributed by atoms with Crippen molar-refractivity contribution in [3.8, 4) is 0 Å². The fourth-order valence-electron chi connectivity index (χ4n) is 9.76. The third-order valence-corrected chi connectivity index (χ3v) is 14.9. The number of unbranched alkanes of at least 4 members (excludes halogenated alkanes) is 37. The molecule has 0 aliphatic carbocycles. The molecule has 0 saturated heterocycles. The first kappa shape index (κ1) is 75.6. The number of allylic oxidation sites excluding steroid dienone is 14. The monoisotopic (exact) mass is 1100 g/mol. The molecule has 0 rings (SSSR count). The van der Waals surface area contributed by atoms with Gasteiger partial charge >= 0.3 is 17.9 Å². The Morgan fingerprint density at radius 3 is 0.785 bits per heavy atom. The van der Waals surface area contributed by atoms with Crippen LogP contribution in [0.5, 0.6) is 0 Å². The van der Waals surface area contributed by atoms with Crippen LogP contribution in [0.25, 0.3) is 0 Å². The Kier molecular flexibility index (Phi) is 64.2. The Labute approximate surface area is 490 Å². The minimum absolute atomic E-state index is 0.0847. The Morgan fingerprint density at radius 2 is 0.494 bits per heavy atom. The van der Waals surface area contributed by atoms with E-state index in [9.17, 15) is 14.4 Å². The number of carbonyl (C=O) groups is 3. The first-order chi connectivity index (χ1) is 39.0. The van der Waals surface area contributed by atoms with Crippen molar-refractivity contribution in [1.29, 1.82) is 0 Å². The average molecular weight is 1100 g/mol. The lowest BCUT2D eigenvalue weighted by Gasteiger charge is -2.18. The molecule has 0 aromatic heterocycles. The summed E-state index contributed by atoms with van der Waals surface area (Å²) in [7, 11) is 0. The van der Waals surface area contributed by atoms with Gasteiger partial charge in [-0.15, -0.1) is 0 Å². The van der Waals surface area contributed by atoms with Crippen molar-refractivity contribution in [2.24, 2.45) is 0 Å². The molecule has 0 aromatic carbocycles. The second kappa shape index (κ2) is 67.1. The third kappa shape index (κ3) is 65.3. The van der Waals surface area contributed by atoms with Gasteiger partial charge in [0.2, 0.25) is 0 Å². The van der Waals surface area contributed by atoms with Crippen LogP contribution in [0.3, 0.4) is 0 Å². The molecule has 0 N–H and O–H groups in total. The lowest BCUT2D eigenvalue weighted by Crippen LogP contribution is -2.30. The van der Waals surface area contributed by atoms with Gasteiger partial charge in [0.1, 0.15) is 13.2 Å². The van der Waals surface area contributed by atoms with E-state index >= 15 is 0 Å². The van der Waals surface area contributed by atoms with E-state index in [2.05, 4.69) is 106 Å². The zero-order chi connectivity index (χ0) is 57.1. The summed E-state index contributed by atoms with van der Waals surface area (Å²) in [6.45, 7) is 6.55. The second-order valence-corrected chi connectivity index (χ2v) is 22.7. The first-order valence-corrected chi connectivity index (χ1v) is 34.1. The van der Waals surface area contributed by atoms with Gasteiger partial charge in [0.05, 0.1) is 0 Å². The highest BCUT2D eigenvalue weighted by Gasteiger charge is 2.19. The molecule has 0 saturated carbocycles. The zero-order valence-corrected chi connectivity index (χ0v) is 52.4. The third-order valence-electron chi connectivity index (χ3n) is 14.9. The summed E-state index contributed by atoms with van der Waals surface area (Å²) in [5, 5.41) is 0. The zero-order valence-electron chi connectivity index (χ0n) is 52.4. The van der Waals surface area contributed by atoms with Gasteiger partial charge in [-0.1, -0.05) is 292 Å². The molecule has 456 valence electrons. The molecule has 79 heavy (non-hydrogen) atoms. The van der Waals surface area contributed by atoms with Crippen molar-refractivity contribution in [1.82, 2.24) is 0 Å². The summed E-state index contributed by atoms with van der Waals surface area (Å²) < 4.78 is 17.0. The van der Waals surface area contributed by atoms with Gasteiger partial charge in [-0.25, -0.2) is 0 Å². The molecule has 0 radical (unpaired) electrons. The molecule has 0 spiro atoms. The van der Waals surface area contributed by atoms with Crippen molar-refractivity contribution in [3.63, 3.8) is 0 Å². The van der Waals surface area contributed by atoms with E-state index in [0.29, 0.717) is 19.3 Å². The number of rotatable bonds is 62. The predicted molar refractivity (Wildman–Crippen MR) is 344 cm³/mol. The lowest BCUT2D eigenvalue weighted by atomic mass is 10.0. The van der Waals surface area contributed by atoms with Gasteiger partial charge in [0.15, 0.2) is 6.10 Å². The van der Waals surface area contributed by atoms with Crippen molar-refractivity contribution in [2.45, 2.75) is 348 Å². The highest BCUT2D eigenvalue weighted by Crippen LogP contribution is 2.17. The number of carbonyl (C=O) groups excluding carboxylic acids is 3. The topological polar surface area (TPSA) is 78.9 Å².